The van der Waals surface area contributed by atoms with Gasteiger partial charge in [-0.1, -0.05) is 18.2 Å². The predicted octanol–water partition coefficient (Wildman–Crippen LogP) is 3.91. The first-order valence-electron chi connectivity index (χ1n) is 12.4. The number of oxazole rings is 1. The zero-order chi connectivity index (χ0) is 24.1. The summed E-state index contributed by atoms with van der Waals surface area (Å²) in [4.78, 5) is 33.5. The third-order valence-electron chi connectivity index (χ3n) is 6.97. The maximum absolute atomic E-state index is 12.8. The lowest BCUT2D eigenvalue weighted by Gasteiger charge is -2.34. The second-order valence-corrected chi connectivity index (χ2v) is 9.36. The van der Waals surface area contributed by atoms with Crippen molar-refractivity contribution >= 4 is 12.0 Å². The highest BCUT2D eigenvalue weighted by molar-refractivity contribution is 5.79. The zero-order valence-electron chi connectivity index (χ0n) is 20.5. The Bertz CT molecular complexity index is 988. The Balaban J connectivity index is 1.23. The highest BCUT2D eigenvalue weighted by atomic mass is 16.6. The molecule has 1 aromatic heterocycles. The first-order chi connectivity index (χ1) is 16.4. The number of ether oxygens (including phenoxy) is 1. The quantitative estimate of drug-likeness (QED) is 0.692. The lowest BCUT2D eigenvalue weighted by molar-refractivity contribution is -0.127. The monoisotopic (exact) mass is 468 g/mol. The number of nitrogens with one attached hydrogen (secondary N) is 1. The first kappa shape index (κ1) is 24.3. The number of piperidine rings is 2. The van der Waals surface area contributed by atoms with Crippen LogP contribution in [0.4, 0.5) is 4.79 Å². The van der Waals surface area contributed by atoms with Crippen molar-refractivity contribution in [2.75, 3.05) is 32.8 Å². The molecule has 184 valence electrons. The molecular formula is C26H36N4O4. The van der Waals surface area contributed by atoms with Crippen molar-refractivity contribution in [3.8, 4) is 11.5 Å². The summed E-state index contributed by atoms with van der Waals surface area (Å²) >= 11 is 0. The van der Waals surface area contributed by atoms with E-state index in [9.17, 15) is 9.59 Å². The van der Waals surface area contributed by atoms with Gasteiger partial charge in [-0.05, 0) is 71.2 Å². The van der Waals surface area contributed by atoms with Crippen LogP contribution < -0.4 is 5.32 Å². The number of likely N-dealkylation sites (tertiary alicyclic amines) is 2. The van der Waals surface area contributed by atoms with Crippen molar-refractivity contribution in [3.05, 3.63) is 41.3 Å². The van der Waals surface area contributed by atoms with Crippen molar-refractivity contribution in [1.29, 1.82) is 0 Å². The average molecular weight is 469 g/mol. The molecule has 4 rings (SSSR count). The van der Waals surface area contributed by atoms with Crippen LogP contribution in [0.5, 0.6) is 0 Å². The molecule has 34 heavy (non-hydrogen) atoms. The topological polar surface area (TPSA) is 87.9 Å². The summed E-state index contributed by atoms with van der Waals surface area (Å²) in [7, 11) is 0. The smallest absolute Gasteiger partial charge is 0.409 e. The molecule has 0 spiro atoms. The number of aryl methyl sites for hydroxylation is 2. The van der Waals surface area contributed by atoms with E-state index < -0.39 is 0 Å². The second kappa shape index (κ2) is 11.0. The summed E-state index contributed by atoms with van der Waals surface area (Å²) in [5.41, 5.74) is 3.14. The third-order valence-corrected chi connectivity index (χ3v) is 6.97. The van der Waals surface area contributed by atoms with E-state index in [2.05, 4.69) is 23.2 Å². The number of nitrogens with zero attached hydrogens (tertiary/aromatic N) is 3. The largest absolute Gasteiger partial charge is 0.450 e. The standard InChI is InChI=1S/C26H36N4O4/c1-4-33-26(32)30-15-11-21(12-16-30)27-24(31)20-9-13-29(14-10-20)17-23-19(3)34-25(28-23)22-8-6-5-7-18(22)2/h5-8,20-21H,4,9-17H2,1-3H3,(H,27,31). The molecule has 1 N–H and O–H groups in total. The second-order valence-electron chi connectivity index (χ2n) is 9.36. The lowest BCUT2D eigenvalue weighted by Crippen LogP contribution is -2.49. The van der Waals surface area contributed by atoms with Gasteiger partial charge in [0.05, 0.1) is 12.3 Å². The minimum Gasteiger partial charge on any atom is -0.450 e. The van der Waals surface area contributed by atoms with Crippen LogP contribution in [-0.2, 0) is 16.1 Å². The van der Waals surface area contributed by atoms with Crippen molar-refractivity contribution in [3.63, 3.8) is 0 Å². The molecule has 0 radical (unpaired) electrons. The normalized spacial score (nSPS) is 18.1. The van der Waals surface area contributed by atoms with Gasteiger partial charge in [0.1, 0.15) is 5.76 Å². The van der Waals surface area contributed by atoms with E-state index in [0.29, 0.717) is 25.6 Å². The maximum Gasteiger partial charge on any atom is 0.409 e. The first-order valence-corrected chi connectivity index (χ1v) is 12.4. The highest BCUT2D eigenvalue weighted by Gasteiger charge is 2.29. The molecule has 0 aliphatic carbocycles. The molecule has 2 fully saturated rings. The molecule has 2 aliphatic heterocycles. The van der Waals surface area contributed by atoms with Gasteiger partial charge < -0.3 is 19.4 Å². The molecule has 2 saturated heterocycles. The van der Waals surface area contributed by atoms with Gasteiger partial charge in [0.2, 0.25) is 11.8 Å². The molecule has 0 atom stereocenters. The van der Waals surface area contributed by atoms with Gasteiger partial charge in [0.15, 0.2) is 0 Å². The number of aromatic nitrogens is 1. The van der Waals surface area contributed by atoms with Crippen molar-refractivity contribution in [2.24, 2.45) is 5.92 Å². The van der Waals surface area contributed by atoms with E-state index in [1.165, 1.54) is 0 Å². The zero-order valence-corrected chi connectivity index (χ0v) is 20.5. The van der Waals surface area contributed by atoms with Crippen LogP contribution in [0, 0.1) is 19.8 Å². The van der Waals surface area contributed by atoms with Gasteiger partial charge in [0.25, 0.3) is 0 Å². The number of benzene rings is 1. The van der Waals surface area contributed by atoms with Gasteiger partial charge in [-0.15, -0.1) is 0 Å². The SMILES string of the molecule is CCOC(=O)N1CCC(NC(=O)C2CCN(Cc3nc(-c4ccccc4C)oc3C)CC2)CC1. The number of carbonyl (C=O) groups excluding carboxylic acids is 2. The van der Waals surface area contributed by atoms with E-state index in [1.54, 1.807) is 4.90 Å². The number of carbonyl (C=O) groups is 2. The average Bonchev–Trinajstić information content (AvgIpc) is 3.20. The van der Waals surface area contributed by atoms with E-state index in [1.807, 2.05) is 32.0 Å². The molecule has 2 amide bonds. The van der Waals surface area contributed by atoms with E-state index in [-0.39, 0.29) is 24.0 Å². The fraction of sp³-hybridized carbons (Fsp3) is 0.577. The van der Waals surface area contributed by atoms with E-state index in [0.717, 1.165) is 67.9 Å². The molecule has 2 aliphatic rings. The summed E-state index contributed by atoms with van der Waals surface area (Å²) in [5.74, 6) is 1.72. The minimum absolute atomic E-state index is 0.0419. The van der Waals surface area contributed by atoms with Crippen LogP contribution in [-0.4, -0.2) is 65.6 Å². The highest BCUT2D eigenvalue weighted by Crippen LogP contribution is 2.26. The van der Waals surface area contributed by atoms with Gasteiger partial charge in [0, 0.05) is 37.2 Å². The lowest BCUT2D eigenvalue weighted by atomic mass is 9.94. The van der Waals surface area contributed by atoms with Gasteiger partial charge >= 0.3 is 6.09 Å². The molecule has 0 saturated carbocycles. The fourth-order valence-corrected chi connectivity index (χ4v) is 4.81. The Morgan fingerprint density at radius 1 is 1.09 bits per heavy atom. The van der Waals surface area contributed by atoms with Crippen LogP contribution >= 0.6 is 0 Å². The Hall–Kier alpha value is -2.87. The summed E-state index contributed by atoms with van der Waals surface area (Å²) < 4.78 is 11.0. The molecular weight excluding hydrogens is 432 g/mol. The molecule has 3 heterocycles. The number of rotatable bonds is 6. The van der Waals surface area contributed by atoms with Crippen LogP contribution in [0.25, 0.3) is 11.5 Å². The number of amides is 2. The van der Waals surface area contributed by atoms with Crippen LogP contribution in [0.2, 0.25) is 0 Å². The number of hydrogen-bond donors (Lipinski definition) is 1. The number of hydrogen-bond acceptors (Lipinski definition) is 6. The van der Waals surface area contributed by atoms with Crippen molar-refractivity contribution in [2.45, 2.75) is 59.0 Å². The Labute approximate surface area is 201 Å². The van der Waals surface area contributed by atoms with E-state index in [4.69, 9.17) is 14.1 Å². The Kier molecular flexibility index (Phi) is 7.88. The van der Waals surface area contributed by atoms with Gasteiger partial charge in [-0.2, -0.15) is 0 Å². The Morgan fingerprint density at radius 3 is 2.47 bits per heavy atom. The maximum atomic E-state index is 12.8. The summed E-state index contributed by atoms with van der Waals surface area (Å²) in [6.45, 7) is 9.96. The van der Waals surface area contributed by atoms with Gasteiger partial charge in [-0.25, -0.2) is 9.78 Å². The van der Waals surface area contributed by atoms with Crippen LogP contribution in [0.3, 0.4) is 0 Å². The molecule has 8 nitrogen and oxygen atoms in total. The predicted molar refractivity (Wildman–Crippen MR) is 129 cm³/mol. The summed E-state index contributed by atoms with van der Waals surface area (Å²) in [6, 6.07) is 8.25. The Morgan fingerprint density at radius 2 is 1.79 bits per heavy atom. The fourth-order valence-electron chi connectivity index (χ4n) is 4.81. The van der Waals surface area contributed by atoms with Crippen LogP contribution in [0.1, 0.15) is 49.6 Å². The van der Waals surface area contributed by atoms with Crippen molar-refractivity contribution < 1.29 is 18.7 Å². The summed E-state index contributed by atoms with van der Waals surface area (Å²) in [6.07, 6.45) is 2.98. The molecule has 2 aromatic rings. The molecule has 0 unspecified atom stereocenters. The minimum atomic E-state index is -0.256. The third kappa shape index (κ3) is 5.78. The van der Waals surface area contributed by atoms with Gasteiger partial charge in [-0.3, -0.25) is 9.69 Å². The molecule has 1 aromatic carbocycles. The van der Waals surface area contributed by atoms with E-state index >= 15 is 0 Å². The van der Waals surface area contributed by atoms with Crippen LogP contribution in [0.15, 0.2) is 28.7 Å². The van der Waals surface area contributed by atoms with Crippen molar-refractivity contribution in [1.82, 2.24) is 20.1 Å². The summed E-state index contributed by atoms with van der Waals surface area (Å²) in [5, 5.41) is 3.22. The molecule has 8 heteroatoms. The molecule has 0 bridgehead atoms.